The van der Waals surface area contributed by atoms with Gasteiger partial charge in [0.1, 0.15) is 0 Å². The van der Waals surface area contributed by atoms with Gasteiger partial charge in [0.15, 0.2) is 10.1 Å². The van der Waals surface area contributed by atoms with Crippen molar-refractivity contribution < 1.29 is 4.79 Å². The topological polar surface area (TPSA) is 32.9 Å². The highest BCUT2D eigenvalue weighted by atomic mass is 79.9. The van der Waals surface area contributed by atoms with Crippen molar-refractivity contribution >= 4 is 44.2 Å². The fraction of sp³-hybridized carbons (Fsp3) is 0.182. The molecule has 1 unspecified atom stereocenters. The van der Waals surface area contributed by atoms with Crippen LogP contribution in [0.1, 0.15) is 16.1 Å². The molecule has 1 N–H and O–H groups in total. The lowest BCUT2D eigenvalue weighted by molar-refractivity contribution is 0.101. The van der Waals surface area contributed by atoms with Crippen molar-refractivity contribution in [3.63, 3.8) is 0 Å². The summed E-state index contributed by atoms with van der Waals surface area (Å²) in [4.78, 5) is 15.0. The molecule has 1 heterocycles. The van der Waals surface area contributed by atoms with E-state index in [9.17, 15) is 4.79 Å². The molecule has 0 fully saturated rings. The molecular formula is C11H9BrClNO. The summed E-state index contributed by atoms with van der Waals surface area (Å²) >= 11 is 8.83. The first-order valence-corrected chi connectivity index (χ1v) is 5.86. The molecule has 0 spiro atoms. The fourth-order valence-electron chi connectivity index (χ4n) is 1.70. The normalized spacial score (nSPS) is 13.0. The quantitative estimate of drug-likeness (QED) is 0.664. The number of alkyl halides is 2. The highest BCUT2D eigenvalue weighted by Gasteiger charge is 2.20. The Morgan fingerprint density at radius 2 is 2.13 bits per heavy atom. The number of benzene rings is 1. The lowest BCUT2D eigenvalue weighted by atomic mass is 10.1. The Morgan fingerprint density at radius 1 is 1.47 bits per heavy atom. The molecule has 0 radical (unpaired) electrons. The zero-order valence-corrected chi connectivity index (χ0v) is 10.4. The SMILES string of the molecule is Cc1[nH]c2ccccc2c1C(=O)C(Cl)Br. The van der Waals surface area contributed by atoms with Crippen molar-refractivity contribution in [2.24, 2.45) is 0 Å². The van der Waals surface area contributed by atoms with Crippen molar-refractivity contribution in [2.45, 2.75) is 11.2 Å². The monoisotopic (exact) mass is 285 g/mol. The minimum Gasteiger partial charge on any atom is -0.358 e. The molecule has 2 nitrogen and oxygen atoms in total. The summed E-state index contributed by atoms with van der Waals surface area (Å²) in [6, 6.07) is 7.69. The summed E-state index contributed by atoms with van der Waals surface area (Å²) in [5.41, 5.74) is 2.48. The number of aromatic amines is 1. The number of aryl methyl sites for hydroxylation is 1. The number of hydrogen-bond donors (Lipinski definition) is 1. The van der Waals surface area contributed by atoms with Crippen molar-refractivity contribution in [2.75, 3.05) is 0 Å². The highest BCUT2D eigenvalue weighted by molar-refractivity contribution is 9.10. The Labute approximate surface area is 101 Å². The summed E-state index contributed by atoms with van der Waals surface area (Å²) < 4.78 is -0.671. The largest absolute Gasteiger partial charge is 0.358 e. The van der Waals surface area contributed by atoms with Gasteiger partial charge in [-0.15, -0.1) is 11.6 Å². The van der Waals surface area contributed by atoms with Crippen LogP contribution >= 0.6 is 27.5 Å². The van der Waals surface area contributed by atoms with E-state index in [1.807, 2.05) is 31.2 Å². The second-order valence-corrected chi connectivity index (χ2v) is 5.21. The first-order valence-electron chi connectivity index (χ1n) is 4.51. The van der Waals surface area contributed by atoms with Crippen LogP contribution in [-0.2, 0) is 0 Å². The molecule has 0 aliphatic heterocycles. The van der Waals surface area contributed by atoms with Crippen molar-refractivity contribution in [3.8, 4) is 0 Å². The van der Waals surface area contributed by atoms with E-state index in [0.29, 0.717) is 5.56 Å². The second-order valence-electron chi connectivity index (χ2n) is 3.34. The molecule has 1 atom stereocenters. The summed E-state index contributed by atoms with van der Waals surface area (Å²) in [6.07, 6.45) is 0. The van der Waals surface area contributed by atoms with Crippen LogP contribution in [0, 0.1) is 6.92 Å². The minimum absolute atomic E-state index is 0.105. The Hall–Kier alpha value is -0.800. The third-order valence-corrected chi connectivity index (χ3v) is 2.95. The number of fused-ring (bicyclic) bond motifs is 1. The number of H-pyrrole nitrogens is 1. The summed E-state index contributed by atoms with van der Waals surface area (Å²) in [5.74, 6) is -0.105. The van der Waals surface area contributed by atoms with Gasteiger partial charge in [0, 0.05) is 22.2 Å². The van der Waals surface area contributed by atoms with Crippen LogP contribution in [-0.4, -0.2) is 15.1 Å². The predicted molar refractivity (Wildman–Crippen MR) is 65.9 cm³/mol. The van der Waals surface area contributed by atoms with Gasteiger partial charge in [-0.05, 0) is 13.0 Å². The van der Waals surface area contributed by atoms with E-state index in [1.54, 1.807) is 0 Å². The molecule has 0 aliphatic carbocycles. The first-order chi connectivity index (χ1) is 7.11. The van der Waals surface area contributed by atoms with Crippen molar-refractivity contribution in [1.29, 1.82) is 0 Å². The third kappa shape index (κ3) is 1.82. The zero-order chi connectivity index (χ0) is 11.0. The predicted octanol–water partition coefficient (Wildman–Crippen LogP) is 3.62. The maximum atomic E-state index is 11.8. The Kier molecular flexibility index (Phi) is 2.85. The lowest BCUT2D eigenvalue weighted by Crippen LogP contribution is -2.08. The molecule has 2 rings (SSSR count). The smallest absolute Gasteiger partial charge is 0.193 e. The molecule has 0 aliphatic rings. The van der Waals surface area contributed by atoms with Gasteiger partial charge in [-0.1, -0.05) is 34.1 Å². The number of carbonyl (C=O) groups is 1. The van der Waals surface area contributed by atoms with E-state index < -0.39 is 4.29 Å². The van der Waals surface area contributed by atoms with Crippen LogP contribution in [0.5, 0.6) is 0 Å². The van der Waals surface area contributed by atoms with Gasteiger partial charge < -0.3 is 4.98 Å². The Morgan fingerprint density at radius 3 is 2.80 bits per heavy atom. The molecule has 1 aromatic carbocycles. The number of halogens is 2. The lowest BCUT2D eigenvalue weighted by Gasteiger charge is -2.00. The molecule has 1 aromatic heterocycles. The number of nitrogens with one attached hydrogen (secondary N) is 1. The first kappa shape index (κ1) is 10.7. The molecule has 2 aromatic rings. The van der Waals surface area contributed by atoms with E-state index in [0.717, 1.165) is 16.6 Å². The maximum absolute atomic E-state index is 11.8. The average Bonchev–Trinajstić information content (AvgIpc) is 2.52. The molecule has 0 saturated carbocycles. The summed E-state index contributed by atoms with van der Waals surface area (Å²) in [6.45, 7) is 1.87. The van der Waals surface area contributed by atoms with E-state index in [2.05, 4.69) is 20.9 Å². The molecule has 4 heteroatoms. The van der Waals surface area contributed by atoms with E-state index >= 15 is 0 Å². The van der Waals surface area contributed by atoms with Crippen LogP contribution in [0.15, 0.2) is 24.3 Å². The maximum Gasteiger partial charge on any atom is 0.193 e. The van der Waals surface area contributed by atoms with Gasteiger partial charge in [0.05, 0.1) is 0 Å². The number of carbonyl (C=O) groups excluding carboxylic acids is 1. The van der Waals surface area contributed by atoms with Gasteiger partial charge in [-0.25, -0.2) is 0 Å². The van der Waals surface area contributed by atoms with Crippen LogP contribution in [0.3, 0.4) is 0 Å². The molecule has 0 bridgehead atoms. The second kappa shape index (κ2) is 3.99. The molecule has 78 valence electrons. The number of hydrogen-bond acceptors (Lipinski definition) is 1. The van der Waals surface area contributed by atoms with Gasteiger partial charge in [0.2, 0.25) is 0 Å². The van der Waals surface area contributed by atoms with Crippen LogP contribution in [0.4, 0.5) is 0 Å². The molecule has 0 saturated heterocycles. The van der Waals surface area contributed by atoms with Crippen LogP contribution in [0.25, 0.3) is 10.9 Å². The number of rotatable bonds is 2. The van der Waals surface area contributed by atoms with E-state index in [4.69, 9.17) is 11.6 Å². The van der Waals surface area contributed by atoms with Crippen molar-refractivity contribution in [1.82, 2.24) is 4.98 Å². The number of ketones is 1. The number of para-hydroxylation sites is 1. The number of aromatic nitrogens is 1. The summed E-state index contributed by atoms with van der Waals surface area (Å²) in [7, 11) is 0. The number of Topliss-reactive ketones (excluding diaryl/α,β-unsaturated/α-hetero) is 1. The Bertz CT molecular complexity index is 518. The summed E-state index contributed by atoms with van der Waals surface area (Å²) in [5, 5.41) is 0.921. The highest BCUT2D eigenvalue weighted by Crippen LogP contribution is 2.25. The minimum atomic E-state index is -0.671. The van der Waals surface area contributed by atoms with Crippen LogP contribution in [0.2, 0.25) is 0 Å². The average molecular weight is 287 g/mol. The van der Waals surface area contributed by atoms with Gasteiger partial charge >= 0.3 is 0 Å². The zero-order valence-electron chi connectivity index (χ0n) is 8.05. The third-order valence-electron chi connectivity index (χ3n) is 2.34. The van der Waals surface area contributed by atoms with Gasteiger partial charge in [0.25, 0.3) is 0 Å². The Balaban J connectivity index is 2.69. The van der Waals surface area contributed by atoms with E-state index in [1.165, 1.54) is 0 Å². The van der Waals surface area contributed by atoms with Crippen molar-refractivity contribution in [3.05, 3.63) is 35.5 Å². The molecule has 15 heavy (non-hydrogen) atoms. The standard InChI is InChI=1S/C11H9BrClNO/c1-6-9(10(15)11(12)13)7-4-2-3-5-8(7)14-6/h2-5,11,14H,1H3. The van der Waals surface area contributed by atoms with Gasteiger partial charge in [-0.2, -0.15) is 0 Å². The van der Waals surface area contributed by atoms with Gasteiger partial charge in [-0.3, -0.25) is 4.79 Å². The fourth-order valence-corrected chi connectivity index (χ4v) is 2.04. The van der Waals surface area contributed by atoms with Crippen LogP contribution < -0.4 is 0 Å². The molecular weight excluding hydrogens is 277 g/mol. The molecule has 0 amide bonds. The van der Waals surface area contributed by atoms with E-state index in [-0.39, 0.29) is 5.78 Å².